The minimum absolute atomic E-state index is 0. The zero-order chi connectivity index (χ0) is 8.43. The van der Waals surface area contributed by atoms with E-state index >= 15 is 0 Å². The fraction of sp³-hybridized carbons (Fsp3) is 0. The molecule has 0 spiro atoms. The number of carbonyl (C=O) groups is 1. The molecule has 4 nitrogen and oxygen atoms in total. The van der Waals surface area contributed by atoms with Crippen molar-refractivity contribution in [3.8, 4) is 5.75 Å². The number of aromatic carboxylic acids is 1. The van der Waals surface area contributed by atoms with Crippen molar-refractivity contribution in [1.29, 1.82) is 0 Å². The molecule has 0 atom stereocenters. The number of hydrogen-bond acceptors (Lipinski definition) is 3. The second-order valence-corrected chi connectivity index (χ2v) is 2.08. The molecule has 0 heterocycles. The Labute approximate surface area is 79.8 Å². The molecule has 0 fully saturated rings. The highest BCUT2D eigenvalue weighted by molar-refractivity contribution is 5.91. The summed E-state index contributed by atoms with van der Waals surface area (Å²) in [5.41, 5.74) is 5.43. The summed E-state index contributed by atoms with van der Waals surface area (Å²) in [6.45, 7) is 0. The van der Waals surface area contributed by atoms with Gasteiger partial charge in [-0.25, -0.2) is 4.79 Å². The predicted octanol–water partition coefficient (Wildman–Crippen LogP) is -0.511. The second kappa shape index (κ2) is 4.00. The zero-order valence-electron chi connectivity index (χ0n) is 5.61. The molecular weight excluding hydrogens is 173 g/mol. The second-order valence-electron chi connectivity index (χ2n) is 2.08. The van der Waals surface area contributed by atoms with Crippen LogP contribution in [0.2, 0.25) is 0 Å². The van der Waals surface area contributed by atoms with Gasteiger partial charge in [-0.15, -0.1) is 0 Å². The van der Waals surface area contributed by atoms with Crippen LogP contribution in [0.3, 0.4) is 0 Å². The first-order valence-corrected chi connectivity index (χ1v) is 2.93. The van der Waals surface area contributed by atoms with Crippen LogP contribution in [-0.4, -0.2) is 33.5 Å². The average Bonchev–Trinajstić information content (AvgIpc) is 1.94. The summed E-state index contributed by atoms with van der Waals surface area (Å²) in [6.07, 6.45) is 0. The van der Waals surface area contributed by atoms with Gasteiger partial charge in [-0.05, 0) is 18.2 Å². The van der Waals surface area contributed by atoms with E-state index in [0.29, 0.717) is 5.69 Å². The van der Waals surface area contributed by atoms with Gasteiger partial charge in [-0.1, -0.05) is 0 Å². The zero-order valence-corrected chi connectivity index (χ0v) is 5.61. The predicted molar refractivity (Wildman–Crippen MR) is 49.4 cm³/mol. The summed E-state index contributed by atoms with van der Waals surface area (Å²) in [5, 5.41) is 17.4. The Bertz CT molecular complexity index is 301. The first-order valence-electron chi connectivity index (χ1n) is 2.93. The maximum atomic E-state index is 10.4. The Balaban J connectivity index is 0.00000121. The van der Waals surface area contributed by atoms with Crippen LogP contribution in [0.1, 0.15) is 10.4 Å². The van der Waals surface area contributed by atoms with Gasteiger partial charge in [-0.2, -0.15) is 0 Å². The lowest BCUT2D eigenvalue weighted by atomic mass is 10.2. The van der Waals surface area contributed by atoms with Crippen LogP contribution in [-0.2, 0) is 0 Å². The summed E-state index contributed by atoms with van der Waals surface area (Å²) >= 11 is 0. The van der Waals surface area contributed by atoms with Crippen molar-refractivity contribution in [2.24, 2.45) is 0 Å². The smallest absolute Gasteiger partial charge is 0.339 e. The van der Waals surface area contributed by atoms with Crippen LogP contribution < -0.4 is 5.73 Å². The van der Waals surface area contributed by atoms with Gasteiger partial charge < -0.3 is 15.9 Å². The number of carboxylic acids is 1. The molecular formula is C7H10AlNO3. The molecule has 0 amide bonds. The third-order valence-corrected chi connectivity index (χ3v) is 1.25. The molecule has 12 heavy (non-hydrogen) atoms. The normalized spacial score (nSPS) is 8.67. The monoisotopic (exact) mass is 183 g/mol. The number of nitrogens with two attached hydrogens (primary N) is 1. The molecule has 1 aromatic carbocycles. The van der Waals surface area contributed by atoms with Crippen molar-refractivity contribution >= 4 is 29.0 Å². The molecule has 0 aliphatic heterocycles. The van der Waals surface area contributed by atoms with Gasteiger partial charge in [-0.3, -0.25) is 0 Å². The Hall–Kier alpha value is -1.18. The summed E-state index contributed by atoms with van der Waals surface area (Å²) in [6, 6.07) is 3.89. The summed E-state index contributed by atoms with van der Waals surface area (Å²) < 4.78 is 0. The van der Waals surface area contributed by atoms with E-state index in [-0.39, 0.29) is 28.7 Å². The third kappa shape index (κ3) is 2.16. The number of benzene rings is 1. The highest BCUT2D eigenvalue weighted by Gasteiger charge is 2.08. The Kier molecular flexibility index (Phi) is 3.61. The van der Waals surface area contributed by atoms with Gasteiger partial charge in [0.1, 0.15) is 11.3 Å². The number of aromatic hydroxyl groups is 1. The van der Waals surface area contributed by atoms with Crippen LogP contribution >= 0.6 is 0 Å². The number of nitrogen functional groups attached to an aromatic ring is 1. The van der Waals surface area contributed by atoms with Crippen LogP contribution in [0, 0.1) is 0 Å². The summed E-state index contributed by atoms with van der Waals surface area (Å²) in [4.78, 5) is 10.4. The van der Waals surface area contributed by atoms with E-state index in [1.807, 2.05) is 0 Å². The molecule has 0 radical (unpaired) electrons. The number of hydrogen-bond donors (Lipinski definition) is 3. The van der Waals surface area contributed by atoms with Gasteiger partial charge in [0, 0.05) is 5.69 Å². The molecule has 0 aliphatic rings. The molecule has 64 valence electrons. The van der Waals surface area contributed by atoms with Crippen LogP contribution in [0.4, 0.5) is 5.69 Å². The molecule has 0 aromatic heterocycles. The van der Waals surface area contributed by atoms with Crippen molar-refractivity contribution in [3.05, 3.63) is 23.8 Å². The minimum atomic E-state index is -1.19. The lowest BCUT2D eigenvalue weighted by Gasteiger charge is -1.98. The standard InChI is InChI=1S/C7H7NO3.Al.3H/c8-4-1-2-6(9)5(3-4)7(10)11;;;;/h1-3,9H,8H2,(H,10,11);;;;. The lowest BCUT2D eigenvalue weighted by molar-refractivity contribution is 0.0694. The summed E-state index contributed by atoms with van der Waals surface area (Å²) in [5.74, 6) is -1.46. The van der Waals surface area contributed by atoms with Crippen molar-refractivity contribution in [1.82, 2.24) is 0 Å². The van der Waals surface area contributed by atoms with E-state index in [9.17, 15) is 4.79 Å². The fourth-order valence-corrected chi connectivity index (χ4v) is 0.725. The molecule has 0 bridgehead atoms. The van der Waals surface area contributed by atoms with Crippen LogP contribution in [0.5, 0.6) is 5.75 Å². The third-order valence-electron chi connectivity index (χ3n) is 1.25. The van der Waals surface area contributed by atoms with Crippen LogP contribution in [0.25, 0.3) is 0 Å². The van der Waals surface area contributed by atoms with Crippen LogP contribution in [0.15, 0.2) is 18.2 Å². The van der Waals surface area contributed by atoms with E-state index < -0.39 is 5.97 Å². The van der Waals surface area contributed by atoms with Gasteiger partial charge >= 0.3 is 5.97 Å². The highest BCUT2D eigenvalue weighted by atomic mass is 27.0. The minimum Gasteiger partial charge on any atom is -0.507 e. The Morgan fingerprint density at radius 1 is 1.42 bits per heavy atom. The van der Waals surface area contributed by atoms with Gasteiger partial charge in [0.05, 0.1) is 0 Å². The van der Waals surface area contributed by atoms with E-state index in [4.69, 9.17) is 15.9 Å². The Morgan fingerprint density at radius 3 is 2.42 bits per heavy atom. The molecule has 1 rings (SSSR count). The Morgan fingerprint density at radius 2 is 2.00 bits per heavy atom. The largest absolute Gasteiger partial charge is 0.507 e. The van der Waals surface area contributed by atoms with E-state index in [2.05, 4.69) is 0 Å². The molecule has 0 saturated carbocycles. The van der Waals surface area contributed by atoms with E-state index in [0.717, 1.165) is 0 Å². The van der Waals surface area contributed by atoms with Gasteiger partial charge in [0.2, 0.25) is 0 Å². The first-order chi connectivity index (χ1) is 5.11. The number of carboxylic acid groups (broad SMARTS) is 1. The van der Waals surface area contributed by atoms with Gasteiger partial charge in [0.15, 0.2) is 17.4 Å². The number of rotatable bonds is 1. The molecule has 5 heteroatoms. The molecule has 1 aromatic rings. The molecule has 0 aliphatic carbocycles. The van der Waals surface area contributed by atoms with Gasteiger partial charge in [0.25, 0.3) is 0 Å². The van der Waals surface area contributed by atoms with Crippen molar-refractivity contribution in [2.75, 3.05) is 5.73 Å². The van der Waals surface area contributed by atoms with Crippen molar-refractivity contribution < 1.29 is 15.0 Å². The molecule has 0 saturated heterocycles. The maximum absolute atomic E-state index is 10.4. The van der Waals surface area contributed by atoms with E-state index in [1.54, 1.807) is 0 Å². The molecule has 0 unspecified atom stereocenters. The quantitative estimate of drug-likeness (QED) is 0.311. The number of phenols is 1. The number of anilines is 1. The average molecular weight is 183 g/mol. The highest BCUT2D eigenvalue weighted by Crippen LogP contribution is 2.18. The fourth-order valence-electron chi connectivity index (χ4n) is 0.725. The lowest BCUT2D eigenvalue weighted by Crippen LogP contribution is -1.97. The van der Waals surface area contributed by atoms with Crippen molar-refractivity contribution in [2.45, 2.75) is 0 Å². The topological polar surface area (TPSA) is 83.5 Å². The molecule has 4 N–H and O–H groups in total. The van der Waals surface area contributed by atoms with Crippen molar-refractivity contribution in [3.63, 3.8) is 0 Å². The maximum Gasteiger partial charge on any atom is 0.339 e. The van der Waals surface area contributed by atoms with E-state index in [1.165, 1.54) is 18.2 Å². The SMILES string of the molecule is Nc1ccc(O)c(C(=O)O)c1.[AlH3]. The first kappa shape index (κ1) is 10.8. The summed E-state index contributed by atoms with van der Waals surface area (Å²) in [7, 11) is 0.